The van der Waals surface area contributed by atoms with Gasteiger partial charge in [-0.3, -0.25) is 4.79 Å². The van der Waals surface area contributed by atoms with E-state index >= 15 is 0 Å². The molecular formula is C18H16N2O2S. The number of nitrogens with zero attached hydrogens (tertiary/aromatic N) is 2. The molecule has 0 bridgehead atoms. The first-order chi connectivity index (χ1) is 11.1. The van der Waals surface area contributed by atoms with Gasteiger partial charge in [-0.15, -0.1) is 6.42 Å². The van der Waals surface area contributed by atoms with Crippen molar-refractivity contribution in [2.75, 3.05) is 0 Å². The van der Waals surface area contributed by atoms with Crippen LogP contribution in [0.25, 0.3) is 10.2 Å². The fourth-order valence-electron chi connectivity index (χ4n) is 2.32. The number of thiazole rings is 1. The topological polar surface area (TPSA) is 47.5 Å². The number of furan rings is 1. The number of hydrogen-bond acceptors (Lipinski definition) is 3. The van der Waals surface area contributed by atoms with E-state index in [0.29, 0.717) is 17.3 Å². The van der Waals surface area contributed by atoms with Crippen molar-refractivity contribution in [1.82, 2.24) is 4.57 Å². The maximum absolute atomic E-state index is 12.2. The lowest BCUT2D eigenvalue weighted by molar-refractivity contribution is 0.0971. The number of carbonyl (C=O) groups is 1. The van der Waals surface area contributed by atoms with Gasteiger partial charge in [-0.25, -0.2) is 0 Å². The summed E-state index contributed by atoms with van der Waals surface area (Å²) in [5.41, 5.74) is 2.24. The van der Waals surface area contributed by atoms with Gasteiger partial charge in [0.05, 0.1) is 23.0 Å². The SMILES string of the molecule is C#CCn1c(=NC(=O)c2ccco2)sc2cc(C(C)C)ccc21. The molecule has 1 amide bonds. The van der Waals surface area contributed by atoms with Crippen molar-refractivity contribution in [3.05, 3.63) is 52.7 Å². The third-order valence-electron chi connectivity index (χ3n) is 3.55. The molecule has 0 fully saturated rings. The zero-order valence-corrected chi connectivity index (χ0v) is 13.8. The van der Waals surface area contributed by atoms with Crippen molar-refractivity contribution in [3.8, 4) is 12.3 Å². The van der Waals surface area contributed by atoms with Crippen LogP contribution in [0.3, 0.4) is 0 Å². The lowest BCUT2D eigenvalue weighted by Crippen LogP contribution is -2.16. The van der Waals surface area contributed by atoms with Crippen molar-refractivity contribution < 1.29 is 9.21 Å². The minimum absolute atomic E-state index is 0.220. The number of carbonyl (C=O) groups excluding carboxylic acids is 1. The molecule has 0 saturated heterocycles. The molecule has 2 heterocycles. The summed E-state index contributed by atoms with van der Waals surface area (Å²) in [4.78, 5) is 16.9. The first-order valence-corrected chi connectivity index (χ1v) is 8.11. The van der Waals surface area contributed by atoms with Crippen LogP contribution in [0.2, 0.25) is 0 Å². The van der Waals surface area contributed by atoms with Gasteiger partial charge in [-0.1, -0.05) is 37.2 Å². The molecule has 0 atom stereocenters. The normalized spacial score (nSPS) is 12.0. The first-order valence-electron chi connectivity index (χ1n) is 7.29. The lowest BCUT2D eigenvalue weighted by Gasteiger charge is -2.05. The largest absolute Gasteiger partial charge is 0.459 e. The highest BCUT2D eigenvalue weighted by Crippen LogP contribution is 2.23. The molecule has 0 unspecified atom stereocenters. The number of fused-ring (bicyclic) bond motifs is 1. The monoisotopic (exact) mass is 324 g/mol. The molecule has 2 aromatic heterocycles. The average Bonchev–Trinajstić information content (AvgIpc) is 3.16. The number of terminal acetylenes is 1. The van der Waals surface area contributed by atoms with E-state index in [9.17, 15) is 4.79 Å². The second-order valence-corrected chi connectivity index (χ2v) is 6.46. The predicted molar refractivity (Wildman–Crippen MR) is 91.3 cm³/mol. The summed E-state index contributed by atoms with van der Waals surface area (Å²) >= 11 is 1.46. The average molecular weight is 324 g/mol. The number of rotatable bonds is 3. The van der Waals surface area contributed by atoms with E-state index in [4.69, 9.17) is 10.8 Å². The molecule has 116 valence electrons. The van der Waals surface area contributed by atoms with Gasteiger partial charge in [0.25, 0.3) is 0 Å². The van der Waals surface area contributed by atoms with Crippen LogP contribution in [0.5, 0.6) is 0 Å². The van der Waals surface area contributed by atoms with E-state index in [-0.39, 0.29) is 5.76 Å². The van der Waals surface area contributed by atoms with E-state index in [1.807, 2.05) is 10.6 Å². The van der Waals surface area contributed by atoms with Crippen LogP contribution in [0.1, 0.15) is 35.9 Å². The van der Waals surface area contributed by atoms with Gasteiger partial charge in [0.1, 0.15) is 0 Å². The predicted octanol–water partition coefficient (Wildman–Crippen LogP) is 3.79. The van der Waals surface area contributed by atoms with Gasteiger partial charge in [-0.2, -0.15) is 4.99 Å². The van der Waals surface area contributed by atoms with Crippen LogP contribution in [0.15, 0.2) is 46.0 Å². The molecule has 0 radical (unpaired) electrons. The van der Waals surface area contributed by atoms with E-state index in [1.165, 1.54) is 23.2 Å². The molecule has 1 aromatic carbocycles. The molecule has 23 heavy (non-hydrogen) atoms. The molecule has 3 rings (SSSR count). The zero-order valence-electron chi connectivity index (χ0n) is 12.9. The smallest absolute Gasteiger partial charge is 0.315 e. The Balaban J connectivity index is 2.17. The van der Waals surface area contributed by atoms with E-state index in [1.54, 1.807) is 12.1 Å². The van der Waals surface area contributed by atoms with Gasteiger partial charge < -0.3 is 8.98 Å². The van der Waals surface area contributed by atoms with Crippen molar-refractivity contribution in [3.63, 3.8) is 0 Å². The Morgan fingerprint density at radius 1 is 1.43 bits per heavy atom. The summed E-state index contributed by atoms with van der Waals surface area (Å²) in [6.07, 6.45) is 6.93. The Bertz CT molecular complexity index is 953. The molecule has 3 aromatic rings. The van der Waals surface area contributed by atoms with E-state index in [0.717, 1.165) is 10.2 Å². The lowest BCUT2D eigenvalue weighted by atomic mass is 10.0. The van der Waals surface area contributed by atoms with Gasteiger partial charge in [-0.05, 0) is 35.7 Å². The Hall–Kier alpha value is -2.58. The van der Waals surface area contributed by atoms with Crippen LogP contribution in [0, 0.1) is 12.3 Å². The molecule has 0 saturated carbocycles. The minimum Gasteiger partial charge on any atom is -0.459 e. The van der Waals surface area contributed by atoms with Gasteiger partial charge in [0.15, 0.2) is 10.6 Å². The number of amides is 1. The third kappa shape index (κ3) is 2.99. The van der Waals surface area contributed by atoms with Gasteiger partial charge in [0, 0.05) is 0 Å². The minimum atomic E-state index is -0.406. The molecule has 0 spiro atoms. The number of hydrogen-bond donors (Lipinski definition) is 0. The van der Waals surface area contributed by atoms with Crippen LogP contribution < -0.4 is 4.80 Å². The van der Waals surface area contributed by atoms with Crippen molar-refractivity contribution >= 4 is 27.5 Å². The molecule has 0 aliphatic heterocycles. The van der Waals surface area contributed by atoms with Gasteiger partial charge in [0.2, 0.25) is 0 Å². The maximum atomic E-state index is 12.2. The van der Waals surface area contributed by atoms with Crippen LogP contribution in [-0.2, 0) is 6.54 Å². The number of benzene rings is 1. The Morgan fingerprint density at radius 2 is 2.26 bits per heavy atom. The summed E-state index contributed by atoms with van der Waals surface area (Å²) in [5.74, 6) is 2.87. The standard InChI is InChI=1S/C18H16N2O2S/c1-4-9-20-14-8-7-13(12(2)3)11-16(14)23-18(20)19-17(21)15-6-5-10-22-15/h1,5-8,10-12H,9H2,2-3H3. The van der Waals surface area contributed by atoms with Crippen LogP contribution in [-0.4, -0.2) is 10.5 Å². The summed E-state index contributed by atoms with van der Waals surface area (Å²) in [6.45, 7) is 4.66. The Morgan fingerprint density at radius 3 is 2.91 bits per heavy atom. The highest BCUT2D eigenvalue weighted by Gasteiger charge is 2.11. The Labute approximate surface area is 138 Å². The summed E-state index contributed by atoms with van der Waals surface area (Å²) in [7, 11) is 0. The zero-order chi connectivity index (χ0) is 16.4. The van der Waals surface area contributed by atoms with Crippen LogP contribution >= 0.6 is 11.3 Å². The molecule has 0 aliphatic rings. The highest BCUT2D eigenvalue weighted by atomic mass is 32.1. The number of aromatic nitrogens is 1. The summed E-state index contributed by atoms with van der Waals surface area (Å²) < 4.78 is 8.05. The third-order valence-corrected chi connectivity index (χ3v) is 4.59. The molecule has 5 heteroatoms. The van der Waals surface area contributed by atoms with Crippen molar-refractivity contribution in [2.24, 2.45) is 4.99 Å². The van der Waals surface area contributed by atoms with Crippen molar-refractivity contribution in [2.45, 2.75) is 26.3 Å². The Kier molecular flexibility index (Phi) is 4.18. The highest BCUT2D eigenvalue weighted by molar-refractivity contribution is 7.16. The quantitative estimate of drug-likeness (QED) is 0.688. The summed E-state index contributed by atoms with van der Waals surface area (Å²) in [6, 6.07) is 9.52. The summed E-state index contributed by atoms with van der Waals surface area (Å²) in [5, 5.41) is 0. The molecule has 0 N–H and O–H groups in total. The van der Waals surface area contributed by atoms with E-state index in [2.05, 4.69) is 36.9 Å². The molecule has 0 aliphatic carbocycles. The van der Waals surface area contributed by atoms with E-state index < -0.39 is 5.91 Å². The first kappa shape index (κ1) is 15.3. The molecule has 4 nitrogen and oxygen atoms in total. The van der Waals surface area contributed by atoms with Crippen molar-refractivity contribution in [1.29, 1.82) is 0 Å². The van der Waals surface area contributed by atoms with Gasteiger partial charge >= 0.3 is 5.91 Å². The fourth-order valence-corrected chi connectivity index (χ4v) is 3.40. The maximum Gasteiger partial charge on any atom is 0.315 e. The van der Waals surface area contributed by atoms with Crippen LogP contribution in [0.4, 0.5) is 0 Å². The fraction of sp³-hybridized carbons (Fsp3) is 0.222. The second kappa shape index (κ2) is 6.27. The molecular weight excluding hydrogens is 308 g/mol. The second-order valence-electron chi connectivity index (χ2n) is 5.45.